The largest absolute Gasteiger partial charge is 0.489 e. The van der Waals surface area contributed by atoms with Crippen LogP contribution in [0.25, 0.3) is 0 Å². The van der Waals surface area contributed by atoms with Crippen molar-refractivity contribution < 1.29 is 27.8 Å². The highest BCUT2D eigenvalue weighted by Crippen LogP contribution is 2.38. The van der Waals surface area contributed by atoms with E-state index in [1.54, 1.807) is 12.1 Å². The summed E-state index contributed by atoms with van der Waals surface area (Å²) in [5, 5.41) is 10.2. The maximum absolute atomic E-state index is 13.3. The number of nitrogens with one attached hydrogen (secondary N) is 1. The highest BCUT2D eigenvalue weighted by molar-refractivity contribution is 5.95. The van der Waals surface area contributed by atoms with Crippen LogP contribution in [-0.2, 0) is 6.61 Å². The molecule has 1 aliphatic heterocycles. The van der Waals surface area contributed by atoms with Crippen molar-refractivity contribution in [2.75, 3.05) is 0 Å². The number of ether oxygens (including phenoxy) is 1. The molecule has 2 aromatic rings. The number of hydrazine groups is 1. The molecule has 3 rings (SSSR count). The van der Waals surface area contributed by atoms with Crippen molar-refractivity contribution in [1.29, 1.82) is 0 Å². The van der Waals surface area contributed by atoms with Gasteiger partial charge in [0.05, 0.1) is 0 Å². The number of nitrogens with zero attached hydrogens (tertiary/aromatic N) is 1. The molecule has 0 saturated carbocycles. The number of amides is 1. The highest BCUT2D eigenvalue weighted by atomic mass is 19.4. The van der Waals surface area contributed by atoms with Crippen LogP contribution in [0.4, 0.5) is 13.2 Å². The normalized spacial score (nSPS) is 18.9. The molecule has 1 unspecified atom stereocenters. The average Bonchev–Trinajstić information content (AvgIpc) is 3.02. The maximum Gasteiger partial charge on any atom is 0.442 e. The summed E-state index contributed by atoms with van der Waals surface area (Å²) < 4.78 is 45.6. The Morgan fingerprint density at radius 1 is 1.13 bits per heavy atom. The average molecular weight is 420 g/mol. The number of benzene rings is 2. The summed E-state index contributed by atoms with van der Waals surface area (Å²) in [6.07, 6.45) is -4.48. The summed E-state index contributed by atoms with van der Waals surface area (Å²) >= 11 is 0. The van der Waals surface area contributed by atoms with Crippen LogP contribution in [0.3, 0.4) is 0 Å². The summed E-state index contributed by atoms with van der Waals surface area (Å²) in [5.41, 5.74) is 0.835. The lowest BCUT2D eigenvalue weighted by Crippen LogP contribution is -2.60. The first-order valence-electron chi connectivity index (χ1n) is 9.43. The molecule has 5 nitrogen and oxygen atoms in total. The molecule has 1 atom stereocenters. The first-order chi connectivity index (χ1) is 14.0. The number of halogens is 3. The van der Waals surface area contributed by atoms with Crippen molar-refractivity contribution in [3.8, 4) is 5.75 Å². The molecular weight excluding hydrogens is 397 g/mol. The van der Waals surface area contributed by atoms with Crippen LogP contribution >= 0.6 is 0 Å². The molecule has 2 N–H and O–H groups in total. The highest BCUT2D eigenvalue weighted by Gasteiger charge is 2.61. The molecule has 0 aromatic heterocycles. The van der Waals surface area contributed by atoms with E-state index >= 15 is 0 Å². The van der Waals surface area contributed by atoms with Crippen LogP contribution in [-0.4, -0.2) is 27.9 Å². The lowest BCUT2D eigenvalue weighted by Gasteiger charge is -2.33. The van der Waals surface area contributed by atoms with Crippen LogP contribution in [0, 0.1) is 0 Å². The number of carbonyl (C=O) groups excluding carboxylic acids is 1. The van der Waals surface area contributed by atoms with Gasteiger partial charge in [0.25, 0.3) is 11.6 Å². The smallest absolute Gasteiger partial charge is 0.442 e. The molecule has 0 aliphatic carbocycles. The molecule has 1 amide bonds. The Bertz CT molecular complexity index is 938. The van der Waals surface area contributed by atoms with Gasteiger partial charge in [-0.3, -0.25) is 10.2 Å². The Labute approximate surface area is 172 Å². The third-order valence-corrected chi connectivity index (χ3v) is 4.82. The third kappa shape index (κ3) is 4.28. The van der Waals surface area contributed by atoms with E-state index in [0.717, 1.165) is 5.56 Å². The molecule has 0 spiro atoms. The maximum atomic E-state index is 13.3. The van der Waals surface area contributed by atoms with Gasteiger partial charge in [0.1, 0.15) is 12.4 Å². The zero-order valence-corrected chi connectivity index (χ0v) is 16.8. The lowest BCUT2D eigenvalue weighted by atomic mass is 10.0. The van der Waals surface area contributed by atoms with Gasteiger partial charge < -0.3 is 9.84 Å². The van der Waals surface area contributed by atoms with E-state index in [9.17, 15) is 23.1 Å². The van der Waals surface area contributed by atoms with Crippen molar-refractivity contribution in [3.05, 3.63) is 77.0 Å². The van der Waals surface area contributed by atoms with Crippen molar-refractivity contribution in [2.24, 2.45) is 0 Å². The van der Waals surface area contributed by atoms with E-state index in [0.29, 0.717) is 17.7 Å². The molecule has 1 heterocycles. The van der Waals surface area contributed by atoms with Crippen LogP contribution in [0.5, 0.6) is 5.75 Å². The van der Waals surface area contributed by atoms with E-state index in [1.807, 2.05) is 24.3 Å². The van der Waals surface area contributed by atoms with Gasteiger partial charge >= 0.3 is 6.18 Å². The number of hydrogen-bond donors (Lipinski definition) is 2. The number of carbonyl (C=O) groups is 1. The zero-order chi connectivity index (χ0) is 22.1. The molecule has 30 heavy (non-hydrogen) atoms. The summed E-state index contributed by atoms with van der Waals surface area (Å²) in [5.74, 6) is 0.112. The van der Waals surface area contributed by atoms with Crippen LogP contribution in [0.1, 0.15) is 48.2 Å². The van der Waals surface area contributed by atoms with E-state index in [-0.39, 0.29) is 22.9 Å². The molecule has 8 heteroatoms. The van der Waals surface area contributed by atoms with Crippen molar-refractivity contribution >= 4 is 5.91 Å². The van der Waals surface area contributed by atoms with E-state index in [4.69, 9.17) is 4.74 Å². The third-order valence-electron chi connectivity index (χ3n) is 4.82. The number of allylic oxidation sites excluding steroid dienone is 1. The zero-order valence-electron chi connectivity index (χ0n) is 16.8. The number of rotatable bonds is 5. The molecule has 0 bridgehead atoms. The fourth-order valence-electron chi connectivity index (χ4n) is 3.06. The van der Waals surface area contributed by atoms with Crippen molar-refractivity contribution in [2.45, 2.75) is 45.2 Å². The Morgan fingerprint density at radius 2 is 1.73 bits per heavy atom. The predicted octanol–water partition coefficient (Wildman–Crippen LogP) is 4.50. The van der Waals surface area contributed by atoms with Gasteiger partial charge in [0.15, 0.2) is 0 Å². The molecule has 0 radical (unpaired) electrons. The summed E-state index contributed by atoms with van der Waals surface area (Å²) in [7, 11) is 0. The quantitative estimate of drug-likeness (QED) is 0.748. The first kappa shape index (κ1) is 21.7. The second kappa shape index (κ2) is 8.02. The van der Waals surface area contributed by atoms with Crippen LogP contribution in [0.15, 0.2) is 60.3 Å². The molecule has 2 aromatic carbocycles. The van der Waals surface area contributed by atoms with E-state index < -0.39 is 17.8 Å². The Hall–Kier alpha value is -3.00. The van der Waals surface area contributed by atoms with Gasteiger partial charge in [-0.2, -0.15) is 13.2 Å². The number of alkyl halides is 3. The molecule has 160 valence electrons. The molecular formula is C22H23F3N2O3. The SMILES string of the molecule is CC1=CC(O)(C(F)(F)F)N(C(=O)c2ccc(COc3ccc(C(C)C)cc3)cc2)N1. The van der Waals surface area contributed by atoms with Crippen LogP contribution < -0.4 is 10.2 Å². The molecule has 0 saturated heterocycles. The minimum atomic E-state index is -5.05. The number of aliphatic hydroxyl groups is 1. The minimum Gasteiger partial charge on any atom is -0.489 e. The monoisotopic (exact) mass is 420 g/mol. The van der Waals surface area contributed by atoms with Gasteiger partial charge in [-0.05, 0) is 54.3 Å². The van der Waals surface area contributed by atoms with Gasteiger partial charge in [-0.1, -0.05) is 38.1 Å². The Balaban J connectivity index is 1.67. The van der Waals surface area contributed by atoms with Crippen LogP contribution in [0.2, 0.25) is 0 Å². The minimum absolute atomic E-state index is 0.00156. The van der Waals surface area contributed by atoms with Crippen molar-refractivity contribution in [3.63, 3.8) is 0 Å². The predicted molar refractivity (Wildman–Crippen MR) is 105 cm³/mol. The summed E-state index contributed by atoms with van der Waals surface area (Å²) in [6.45, 7) is 5.77. The summed E-state index contributed by atoms with van der Waals surface area (Å²) in [4.78, 5) is 12.6. The second-order valence-electron chi connectivity index (χ2n) is 7.51. The number of hydrogen-bond acceptors (Lipinski definition) is 4. The summed E-state index contributed by atoms with van der Waals surface area (Å²) in [6, 6.07) is 13.7. The van der Waals surface area contributed by atoms with E-state index in [2.05, 4.69) is 19.3 Å². The molecule has 0 fully saturated rings. The first-order valence-corrected chi connectivity index (χ1v) is 9.43. The molecule has 1 aliphatic rings. The Morgan fingerprint density at radius 3 is 2.27 bits per heavy atom. The van der Waals surface area contributed by atoms with Gasteiger partial charge in [-0.25, -0.2) is 5.01 Å². The standard InChI is InChI=1S/C22H23F3N2O3/c1-14(2)17-8-10-19(11-9-17)30-13-16-4-6-18(7-5-16)20(28)27-21(29,22(23,24)25)12-15(3)26-27/h4-12,14,26,29H,13H2,1-3H3. The van der Waals surface area contributed by atoms with Gasteiger partial charge in [-0.15, -0.1) is 0 Å². The Kier molecular flexibility index (Phi) is 5.81. The second-order valence-corrected chi connectivity index (χ2v) is 7.51. The fraction of sp³-hybridized carbons (Fsp3) is 0.318. The van der Waals surface area contributed by atoms with Gasteiger partial charge in [0, 0.05) is 11.3 Å². The fourth-order valence-corrected chi connectivity index (χ4v) is 3.06. The van der Waals surface area contributed by atoms with E-state index in [1.165, 1.54) is 24.6 Å². The van der Waals surface area contributed by atoms with Gasteiger partial charge in [0.2, 0.25) is 0 Å². The topological polar surface area (TPSA) is 61.8 Å². The van der Waals surface area contributed by atoms with Crippen molar-refractivity contribution in [1.82, 2.24) is 10.4 Å². The lowest BCUT2D eigenvalue weighted by molar-refractivity contribution is -0.283.